The number of hydrogen-bond acceptors (Lipinski definition) is 3. The van der Waals surface area contributed by atoms with Crippen LogP contribution in [0.3, 0.4) is 0 Å². The second kappa shape index (κ2) is 8.55. The van der Waals surface area contributed by atoms with Crippen molar-refractivity contribution in [1.82, 2.24) is 9.80 Å². The predicted molar refractivity (Wildman–Crippen MR) is 104 cm³/mol. The van der Waals surface area contributed by atoms with E-state index in [0.717, 1.165) is 18.7 Å². The summed E-state index contributed by atoms with van der Waals surface area (Å²) in [6.07, 6.45) is 0.666. The number of para-hydroxylation sites is 1. The molecule has 5 nitrogen and oxygen atoms in total. The average molecular weight is 393 g/mol. The second-order valence-electron chi connectivity index (χ2n) is 7.98. The summed E-state index contributed by atoms with van der Waals surface area (Å²) >= 11 is 0. The molecule has 28 heavy (non-hydrogen) atoms. The van der Waals surface area contributed by atoms with Crippen LogP contribution in [0.4, 0.5) is 14.5 Å². The van der Waals surface area contributed by atoms with E-state index < -0.39 is 5.92 Å². The lowest BCUT2D eigenvalue weighted by atomic mass is 9.79. The molecule has 0 spiro atoms. The maximum Gasteiger partial charge on any atom is 0.248 e. The standard InChI is InChI=1S/C21H29F2N3O2/c1-3-26(19(27)11-16-12-21(22,23)13-16)18-9-10-25(14-18)15-20(28)24(2)17-7-5-4-6-8-17/h4-8,16,18H,3,9-15H2,1-2H3. The monoisotopic (exact) mass is 393 g/mol. The minimum absolute atomic E-state index is 0.0120. The third-order valence-electron chi connectivity index (χ3n) is 5.86. The molecular weight excluding hydrogens is 364 g/mol. The SMILES string of the molecule is CCN(C(=O)CC1CC(F)(F)C1)C1CCN(CC(=O)N(C)c2ccccc2)C1. The number of rotatable bonds is 7. The quantitative estimate of drug-likeness (QED) is 0.715. The fourth-order valence-corrected chi connectivity index (χ4v) is 4.23. The summed E-state index contributed by atoms with van der Waals surface area (Å²) in [5.74, 6) is -2.81. The largest absolute Gasteiger partial charge is 0.339 e. The predicted octanol–water partition coefficient (Wildman–Crippen LogP) is 3.01. The molecule has 2 aliphatic rings. The van der Waals surface area contributed by atoms with Gasteiger partial charge in [-0.25, -0.2) is 8.78 Å². The highest BCUT2D eigenvalue weighted by Crippen LogP contribution is 2.44. The van der Waals surface area contributed by atoms with Crippen LogP contribution in [0.2, 0.25) is 0 Å². The molecule has 1 saturated carbocycles. The van der Waals surface area contributed by atoms with Gasteiger partial charge < -0.3 is 9.80 Å². The number of hydrogen-bond donors (Lipinski definition) is 0. The lowest BCUT2D eigenvalue weighted by Crippen LogP contribution is -2.45. The van der Waals surface area contributed by atoms with Crippen molar-refractivity contribution in [3.63, 3.8) is 0 Å². The van der Waals surface area contributed by atoms with E-state index in [4.69, 9.17) is 0 Å². The van der Waals surface area contributed by atoms with Gasteiger partial charge in [0.15, 0.2) is 0 Å². The van der Waals surface area contributed by atoms with E-state index in [9.17, 15) is 18.4 Å². The van der Waals surface area contributed by atoms with Crippen LogP contribution in [-0.4, -0.2) is 66.8 Å². The number of carbonyl (C=O) groups is 2. The van der Waals surface area contributed by atoms with E-state index >= 15 is 0 Å². The molecule has 0 bridgehead atoms. The summed E-state index contributed by atoms with van der Waals surface area (Å²) < 4.78 is 26.0. The summed E-state index contributed by atoms with van der Waals surface area (Å²) in [5, 5.41) is 0. The molecule has 1 heterocycles. The number of amides is 2. The molecule has 1 aliphatic heterocycles. The summed E-state index contributed by atoms with van der Waals surface area (Å²) in [4.78, 5) is 30.7. The van der Waals surface area contributed by atoms with Crippen molar-refractivity contribution in [2.75, 3.05) is 38.1 Å². The first-order chi connectivity index (χ1) is 13.3. The summed E-state index contributed by atoms with van der Waals surface area (Å²) in [5.41, 5.74) is 0.853. The van der Waals surface area contributed by atoms with Crippen molar-refractivity contribution in [3.8, 4) is 0 Å². The van der Waals surface area contributed by atoms with E-state index in [1.807, 2.05) is 42.2 Å². The number of anilines is 1. The van der Waals surface area contributed by atoms with E-state index in [-0.39, 0.29) is 43.0 Å². The Morgan fingerprint density at radius 1 is 1.18 bits per heavy atom. The van der Waals surface area contributed by atoms with E-state index in [1.54, 1.807) is 11.9 Å². The average Bonchev–Trinajstić information content (AvgIpc) is 3.08. The zero-order chi connectivity index (χ0) is 20.3. The normalized spacial score (nSPS) is 21.9. The van der Waals surface area contributed by atoms with Gasteiger partial charge in [0.2, 0.25) is 17.7 Å². The van der Waals surface area contributed by atoms with Crippen molar-refractivity contribution in [1.29, 1.82) is 0 Å². The highest BCUT2D eigenvalue weighted by molar-refractivity contribution is 5.94. The highest BCUT2D eigenvalue weighted by atomic mass is 19.3. The third-order valence-corrected chi connectivity index (χ3v) is 5.86. The summed E-state index contributed by atoms with van der Waals surface area (Å²) in [7, 11) is 1.77. The summed E-state index contributed by atoms with van der Waals surface area (Å²) in [6.45, 7) is 4.20. The van der Waals surface area contributed by atoms with Crippen LogP contribution in [0, 0.1) is 5.92 Å². The van der Waals surface area contributed by atoms with Crippen molar-refractivity contribution >= 4 is 17.5 Å². The zero-order valence-electron chi connectivity index (χ0n) is 16.6. The number of alkyl halides is 2. The Kier molecular flexibility index (Phi) is 6.33. The smallest absolute Gasteiger partial charge is 0.248 e. The lowest BCUT2D eigenvalue weighted by molar-refractivity contribution is -0.143. The number of likely N-dealkylation sites (tertiary alicyclic amines) is 1. The lowest BCUT2D eigenvalue weighted by Gasteiger charge is -2.36. The van der Waals surface area contributed by atoms with Crippen molar-refractivity contribution in [2.45, 2.75) is 44.6 Å². The molecule has 0 aromatic heterocycles. The maximum absolute atomic E-state index is 13.0. The Hall–Kier alpha value is -2.02. The van der Waals surface area contributed by atoms with Gasteiger partial charge in [-0.3, -0.25) is 14.5 Å². The van der Waals surface area contributed by atoms with Crippen LogP contribution in [0.5, 0.6) is 0 Å². The highest BCUT2D eigenvalue weighted by Gasteiger charge is 2.46. The molecule has 1 atom stereocenters. The van der Waals surface area contributed by atoms with Crippen LogP contribution in [0.25, 0.3) is 0 Å². The number of likely N-dealkylation sites (N-methyl/N-ethyl adjacent to an activating group) is 2. The van der Waals surface area contributed by atoms with Gasteiger partial charge in [-0.1, -0.05) is 18.2 Å². The minimum Gasteiger partial charge on any atom is -0.339 e. The van der Waals surface area contributed by atoms with Crippen LogP contribution >= 0.6 is 0 Å². The van der Waals surface area contributed by atoms with E-state index in [2.05, 4.69) is 4.90 Å². The fraction of sp³-hybridized carbons (Fsp3) is 0.619. The van der Waals surface area contributed by atoms with Crippen molar-refractivity contribution in [3.05, 3.63) is 30.3 Å². The van der Waals surface area contributed by atoms with Gasteiger partial charge in [-0.2, -0.15) is 0 Å². The van der Waals surface area contributed by atoms with E-state index in [0.29, 0.717) is 19.6 Å². The first-order valence-corrected chi connectivity index (χ1v) is 10.0. The fourth-order valence-electron chi connectivity index (χ4n) is 4.23. The van der Waals surface area contributed by atoms with Crippen LogP contribution in [0.1, 0.15) is 32.6 Å². The number of nitrogens with zero attached hydrogens (tertiary/aromatic N) is 3. The molecule has 1 aliphatic carbocycles. The topological polar surface area (TPSA) is 43.9 Å². The van der Waals surface area contributed by atoms with Gasteiger partial charge >= 0.3 is 0 Å². The molecule has 0 N–H and O–H groups in total. The Morgan fingerprint density at radius 3 is 2.46 bits per heavy atom. The van der Waals surface area contributed by atoms with Crippen LogP contribution in [-0.2, 0) is 9.59 Å². The molecule has 1 aromatic rings. The van der Waals surface area contributed by atoms with Gasteiger partial charge in [0.05, 0.1) is 6.54 Å². The van der Waals surface area contributed by atoms with E-state index in [1.165, 1.54) is 0 Å². The van der Waals surface area contributed by atoms with Crippen LogP contribution in [0.15, 0.2) is 30.3 Å². The Labute approximate surface area is 165 Å². The summed E-state index contributed by atoms with van der Waals surface area (Å²) in [6, 6.07) is 9.54. The molecule has 0 radical (unpaired) electrons. The Morgan fingerprint density at radius 2 is 1.86 bits per heavy atom. The van der Waals surface area contributed by atoms with Gasteiger partial charge in [0.1, 0.15) is 0 Å². The number of halogens is 2. The first-order valence-electron chi connectivity index (χ1n) is 10.0. The molecule has 1 aromatic carbocycles. The van der Waals surface area contributed by atoms with Crippen molar-refractivity contribution in [2.24, 2.45) is 5.92 Å². The zero-order valence-corrected chi connectivity index (χ0v) is 16.6. The molecule has 1 saturated heterocycles. The minimum atomic E-state index is -2.59. The molecule has 7 heteroatoms. The van der Waals surface area contributed by atoms with Gasteiger partial charge in [-0.15, -0.1) is 0 Å². The molecule has 1 unspecified atom stereocenters. The van der Waals surface area contributed by atoms with Gasteiger partial charge in [-0.05, 0) is 31.4 Å². The Balaban J connectivity index is 1.49. The molecule has 154 valence electrons. The maximum atomic E-state index is 13.0. The molecular formula is C21H29F2N3O2. The first kappa shape index (κ1) is 20.7. The van der Waals surface area contributed by atoms with Crippen molar-refractivity contribution < 1.29 is 18.4 Å². The number of benzene rings is 1. The van der Waals surface area contributed by atoms with Gasteiger partial charge in [0.25, 0.3) is 0 Å². The van der Waals surface area contributed by atoms with Crippen LogP contribution < -0.4 is 4.90 Å². The van der Waals surface area contributed by atoms with Gasteiger partial charge in [0, 0.05) is 57.7 Å². The Bertz CT molecular complexity index is 690. The molecule has 2 fully saturated rings. The third kappa shape index (κ3) is 4.87. The second-order valence-corrected chi connectivity index (χ2v) is 7.98. The number of carbonyl (C=O) groups excluding carboxylic acids is 2. The molecule has 2 amide bonds. The molecule has 3 rings (SSSR count).